The zero-order chi connectivity index (χ0) is 16.3. The fourth-order valence-corrected chi connectivity index (χ4v) is 2.40. The van der Waals surface area contributed by atoms with E-state index in [1.807, 2.05) is 32.9 Å². The molecule has 22 heavy (non-hydrogen) atoms. The van der Waals surface area contributed by atoms with Gasteiger partial charge in [-0.2, -0.15) is 0 Å². The van der Waals surface area contributed by atoms with Gasteiger partial charge in [-0.3, -0.25) is 4.79 Å². The predicted octanol–water partition coefficient (Wildman–Crippen LogP) is 4.53. The van der Waals surface area contributed by atoms with Crippen LogP contribution in [0.5, 0.6) is 5.75 Å². The number of hydrogen-bond donors (Lipinski definition) is 1. The number of rotatable bonds is 4. The molecule has 0 unspecified atom stereocenters. The van der Waals surface area contributed by atoms with Gasteiger partial charge in [0.1, 0.15) is 11.6 Å². The third-order valence-electron chi connectivity index (χ3n) is 3.43. The van der Waals surface area contributed by atoms with Crippen LogP contribution in [0.3, 0.4) is 0 Å². The van der Waals surface area contributed by atoms with Crippen LogP contribution in [0.4, 0.5) is 10.1 Å². The van der Waals surface area contributed by atoms with Crippen molar-refractivity contribution in [3.63, 3.8) is 0 Å². The van der Waals surface area contributed by atoms with Crippen LogP contribution in [0, 0.1) is 26.6 Å². The minimum Gasteiger partial charge on any atom is -0.483 e. The van der Waals surface area contributed by atoms with E-state index in [1.165, 1.54) is 12.1 Å². The molecule has 1 amide bonds. The maximum absolute atomic E-state index is 13.7. The molecular weight excluding hydrogens is 349 g/mol. The molecule has 2 aromatic carbocycles. The molecule has 0 heterocycles. The van der Waals surface area contributed by atoms with E-state index in [0.29, 0.717) is 10.2 Å². The van der Waals surface area contributed by atoms with Gasteiger partial charge in [0.25, 0.3) is 5.91 Å². The van der Waals surface area contributed by atoms with Gasteiger partial charge < -0.3 is 10.1 Å². The molecular formula is C17H17BrFNO2. The van der Waals surface area contributed by atoms with Crippen LogP contribution in [-0.2, 0) is 4.79 Å². The van der Waals surface area contributed by atoms with Crippen molar-refractivity contribution < 1.29 is 13.9 Å². The molecule has 2 rings (SSSR count). The fourth-order valence-electron chi connectivity index (χ4n) is 2.06. The van der Waals surface area contributed by atoms with Crippen molar-refractivity contribution in [3.05, 3.63) is 57.3 Å². The summed E-state index contributed by atoms with van der Waals surface area (Å²) in [5.74, 6) is -0.196. The third-order valence-corrected chi connectivity index (χ3v) is 3.92. The Morgan fingerprint density at radius 2 is 1.86 bits per heavy atom. The Labute approximate surface area is 137 Å². The van der Waals surface area contributed by atoms with Crippen molar-refractivity contribution in [1.29, 1.82) is 0 Å². The number of ether oxygens (including phenoxy) is 1. The number of amides is 1. The Hall–Kier alpha value is -1.88. The molecule has 0 atom stereocenters. The van der Waals surface area contributed by atoms with E-state index in [1.54, 1.807) is 6.07 Å². The average molecular weight is 366 g/mol. The Balaban J connectivity index is 2.03. The van der Waals surface area contributed by atoms with Gasteiger partial charge in [0.2, 0.25) is 0 Å². The summed E-state index contributed by atoms with van der Waals surface area (Å²) in [7, 11) is 0. The van der Waals surface area contributed by atoms with Crippen molar-refractivity contribution in [2.24, 2.45) is 0 Å². The summed E-state index contributed by atoms with van der Waals surface area (Å²) >= 11 is 3.17. The maximum atomic E-state index is 13.7. The topological polar surface area (TPSA) is 38.3 Å². The van der Waals surface area contributed by atoms with Crippen LogP contribution in [0.2, 0.25) is 0 Å². The van der Waals surface area contributed by atoms with E-state index in [4.69, 9.17) is 4.74 Å². The van der Waals surface area contributed by atoms with Gasteiger partial charge in [-0.25, -0.2) is 4.39 Å². The average Bonchev–Trinajstić information content (AvgIpc) is 2.46. The molecule has 0 fully saturated rings. The first-order valence-corrected chi connectivity index (χ1v) is 7.62. The number of hydrogen-bond acceptors (Lipinski definition) is 2. The Morgan fingerprint density at radius 1 is 1.18 bits per heavy atom. The molecule has 3 nitrogen and oxygen atoms in total. The van der Waals surface area contributed by atoms with Crippen LogP contribution in [0.1, 0.15) is 16.7 Å². The van der Waals surface area contributed by atoms with E-state index in [-0.39, 0.29) is 12.3 Å². The number of nitrogens with one attached hydrogen (secondary N) is 1. The van der Waals surface area contributed by atoms with Crippen molar-refractivity contribution >= 4 is 27.5 Å². The highest BCUT2D eigenvalue weighted by molar-refractivity contribution is 9.10. The zero-order valence-electron chi connectivity index (χ0n) is 12.7. The summed E-state index contributed by atoms with van der Waals surface area (Å²) in [6.07, 6.45) is 0. The molecule has 0 bridgehead atoms. The lowest BCUT2D eigenvalue weighted by molar-refractivity contribution is -0.118. The van der Waals surface area contributed by atoms with Crippen LogP contribution in [0.25, 0.3) is 0 Å². The van der Waals surface area contributed by atoms with Crippen molar-refractivity contribution in [2.75, 3.05) is 11.9 Å². The third kappa shape index (κ3) is 3.85. The molecule has 0 saturated carbocycles. The van der Waals surface area contributed by atoms with Crippen LogP contribution in [-0.4, -0.2) is 12.5 Å². The predicted molar refractivity (Wildman–Crippen MR) is 88.9 cm³/mol. The maximum Gasteiger partial charge on any atom is 0.262 e. The highest BCUT2D eigenvalue weighted by Gasteiger charge is 2.11. The summed E-state index contributed by atoms with van der Waals surface area (Å²) in [4.78, 5) is 11.9. The smallest absolute Gasteiger partial charge is 0.262 e. The number of anilines is 1. The van der Waals surface area contributed by atoms with Gasteiger partial charge in [0, 0.05) is 4.47 Å². The second-order valence-electron chi connectivity index (χ2n) is 5.11. The standard InChI is InChI=1S/C17H17BrFNO2/c1-10-4-5-11(2)17(12(10)3)22-9-16(21)20-15-7-6-13(18)8-14(15)19/h4-8H,9H2,1-3H3,(H,20,21). The van der Waals surface area contributed by atoms with E-state index >= 15 is 0 Å². The Bertz CT molecular complexity index is 716. The molecule has 1 N–H and O–H groups in total. The first-order valence-electron chi connectivity index (χ1n) is 6.83. The zero-order valence-corrected chi connectivity index (χ0v) is 14.3. The van der Waals surface area contributed by atoms with Gasteiger partial charge >= 0.3 is 0 Å². The lowest BCUT2D eigenvalue weighted by atomic mass is 10.1. The molecule has 5 heteroatoms. The summed E-state index contributed by atoms with van der Waals surface area (Å²) in [6.45, 7) is 5.69. The number of halogens is 2. The van der Waals surface area contributed by atoms with Crippen molar-refractivity contribution in [1.82, 2.24) is 0 Å². The molecule has 0 aliphatic heterocycles. The first kappa shape index (κ1) is 16.5. The molecule has 0 spiro atoms. The van der Waals surface area contributed by atoms with Gasteiger partial charge in [0.05, 0.1) is 5.69 Å². The molecule has 0 aromatic heterocycles. The van der Waals surface area contributed by atoms with Gasteiger partial charge in [-0.15, -0.1) is 0 Å². The highest BCUT2D eigenvalue weighted by Crippen LogP contribution is 2.25. The van der Waals surface area contributed by atoms with Gasteiger partial charge in [0.15, 0.2) is 6.61 Å². The monoisotopic (exact) mass is 365 g/mol. The largest absolute Gasteiger partial charge is 0.483 e. The Kier molecular flexibility index (Phi) is 5.19. The fraction of sp³-hybridized carbons (Fsp3) is 0.235. The lowest BCUT2D eigenvalue weighted by Crippen LogP contribution is -2.21. The van der Waals surface area contributed by atoms with Gasteiger partial charge in [-0.1, -0.05) is 28.1 Å². The normalized spacial score (nSPS) is 10.4. The summed E-state index contributed by atoms with van der Waals surface area (Å²) in [5.41, 5.74) is 3.20. The first-order chi connectivity index (χ1) is 10.4. The molecule has 0 aliphatic carbocycles. The number of aryl methyl sites for hydroxylation is 2. The van der Waals surface area contributed by atoms with Crippen molar-refractivity contribution in [3.8, 4) is 5.75 Å². The minimum atomic E-state index is -0.495. The highest BCUT2D eigenvalue weighted by atomic mass is 79.9. The molecule has 0 aliphatic rings. The summed E-state index contributed by atoms with van der Waals surface area (Å²) in [5, 5.41) is 2.50. The number of carbonyl (C=O) groups excluding carboxylic acids is 1. The number of carbonyl (C=O) groups is 1. The quantitative estimate of drug-likeness (QED) is 0.864. The van der Waals surface area contributed by atoms with Crippen molar-refractivity contribution in [2.45, 2.75) is 20.8 Å². The van der Waals surface area contributed by atoms with E-state index in [0.717, 1.165) is 16.7 Å². The molecule has 0 radical (unpaired) electrons. The minimum absolute atomic E-state index is 0.134. The van der Waals surface area contributed by atoms with Crippen LogP contribution >= 0.6 is 15.9 Å². The molecule has 0 saturated heterocycles. The van der Waals surface area contributed by atoms with E-state index < -0.39 is 11.7 Å². The second-order valence-corrected chi connectivity index (χ2v) is 6.03. The van der Waals surface area contributed by atoms with Crippen LogP contribution in [0.15, 0.2) is 34.8 Å². The molecule has 116 valence electrons. The SMILES string of the molecule is Cc1ccc(C)c(OCC(=O)Nc2ccc(Br)cc2F)c1C. The van der Waals surface area contributed by atoms with E-state index in [2.05, 4.69) is 21.2 Å². The number of benzene rings is 2. The second kappa shape index (κ2) is 6.92. The Morgan fingerprint density at radius 3 is 2.55 bits per heavy atom. The van der Waals surface area contributed by atoms with E-state index in [9.17, 15) is 9.18 Å². The molecule has 2 aromatic rings. The lowest BCUT2D eigenvalue weighted by Gasteiger charge is -2.14. The summed E-state index contributed by atoms with van der Waals surface area (Å²) in [6, 6.07) is 8.42. The van der Waals surface area contributed by atoms with Gasteiger partial charge in [-0.05, 0) is 55.7 Å². The van der Waals surface area contributed by atoms with Crippen LogP contribution < -0.4 is 10.1 Å². The summed E-state index contributed by atoms with van der Waals surface area (Å²) < 4.78 is 19.9.